The second-order valence-corrected chi connectivity index (χ2v) is 4.26. The van der Waals surface area contributed by atoms with E-state index in [-0.39, 0.29) is 16.2 Å². The summed E-state index contributed by atoms with van der Waals surface area (Å²) < 4.78 is 9.35. The zero-order chi connectivity index (χ0) is 10.9. The van der Waals surface area contributed by atoms with Gasteiger partial charge in [0.25, 0.3) is 0 Å². The maximum Gasteiger partial charge on any atom is 0.344 e. The Morgan fingerprint density at radius 3 is 2.50 bits per heavy atom. The van der Waals surface area contributed by atoms with E-state index in [1.54, 1.807) is 0 Å². The molecule has 1 rings (SSSR count). The van der Waals surface area contributed by atoms with Gasteiger partial charge in [-0.2, -0.15) is 0 Å². The van der Waals surface area contributed by atoms with Crippen molar-refractivity contribution in [3.8, 4) is 0 Å². The van der Waals surface area contributed by atoms with E-state index in [0.29, 0.717) is 5.69 Å². The lowest BCUT2D eigenvalue weighted by atomic mass is 9.89. The van der Waals surface area contributed by atoms with Crippen molar-refractivity contribution in [2.45, 2.75) is 26.2 Å². The highest BCUT2D eigenvalue weighted by Gasteiger charge is 2.30. The van der Waals surface area contributed by atoms with Gasteiger partial charge in [-0.1, -0.05) is 25.9 Å². The van der Waals surface area contributed by atoms with E-state index in [1.165, 1.54) is 7.11 Å². The molecule has 1 heterocycles. The predicted molar refractivity (Wildman–Crippen MR) is 51.6 cm³/mol. The molecular weight excluding hydrogens is 206 g/mol. The monoisotopic (exact) mass is 217 g/mol. The SMILES string of the molecule is COC(=O)c1c(C(C)(C)C)noc1Cl. The largest absolute Gasteiger partial charge is 0.465 e. The Morgan fingerprint density at radius 1 is 1.50 bits per heavy atom. The lowest BCUT2D eigenvalue weighted by Crippen LogP contribution is -2.17. The molecular formula is C9H12ClNO3. The molecule has 78 valence electrons. The van der Waals surface area contributed by atoms with E-state index in [1.807, 2.05) is 20.8 Å². The molecule has 0 atom stereocenters. The first kappa shape index (κ1) is 11.0. The van der Waals surface area contributed by atoms with Gasteiger partial charge < -0.3 is 9.26 Å². The summed E-state index contributed by atoms with van der Waals surface area (Å²) in [5, 5.41) is 3.72. The predicted octanol–water partition coefficient (Wildman–Crippen LogP) is 2.41. The summed E-state index contributed by atoms with van der Waals surface area (Å²) in [5.41, 5.74) is 0.413. The minimum Gasteiger partial charge on any atom is -0.465 e. The van der Waals surface area contributed by atoms with Gasteiger partial charge in [-0.05, 0) is 11.6 Å². The van der Waals surface area contributed by atoms with E-state index in [9.17, 15) is 4.79 Å². The summed E-state index contributed by atoms with van der Waals surface area (Å²) in [7, 11) is 1.29. The summed E-state index contributed by atoms with van der Waals surface area (Å²) in [4.78, 5) is 11.4. The van der Waals surface area contributed by atoms with Gasteiger partial charge >= 0.3 is 5.97 Å². The summed E-state index contributed by atoms with van der Waals surface area (Å²) in [5.74, 6) is -0.527. The van der Waals surface area contributed by atoms with Crippen molar-refractivity contribution in [2.75, 3.05) is 7.11 Å². The third kappa shape index (κ3) is 1.90. The molecule has 0 saturated heterocycles. The van der Waals surface area contributed by atoms with Crippen LogP contribution in [-0.2, 0) is 10.2 Å². The first-order valence-corrected chi connectivity index (χ1v) is 4.49. The molecule has 0 aliphatic rings. The molecule has 0 fully saturated rings. The first-order chi connectivity index (χ1) is 6.38. The maximum atomic E-state index is 11.4. The molecule has 0 aliphatic heterocycles. The summed E-state index contributed by atoms with van der Waals surface area (Å²) in [6, 6.07) is 0. The molecule has 5 heteroatoms. The standard InChI is InChI=1S/C9H12ClNO3/c1-9(2,3)6-5(8(12)13-4)7(10)14-11-6/h1-4H3. The highest BCUT2D eigenvalue weighted by atomic mass is 35.5. The lowest BCUT2D eigenvalue weighted by Gasteiger charge is -2.15. The summed E-state index contributed by atoms with van der Waals surface area (Å²) in [6.07, 6.45) is 0. The van der Waals surface area contributed by atoms with Crippen LogP contribution in [0.4, 0.5) is 0 Å². The topological polar surface area (TPSA) is 52.3 Å². The zero-order valence-corrected chi connectivity index (χ0v) is 9.31. The number of ether oxygens (including phenoxy) is 1. The van der Waals surface area contributed by atoms with Crippen molar-refractivity contribution in [1.82, 2.24) is 5.16 Å². The van der Waals surface area contributed by atoms with Crippen LogP contribution in [0, 0.1) is 0 Å². The first-order valence-electron chi connectivity index (χ1n) is 4.12. The summed E-state index contributed by atoms with van der Waals surface area (Å²) >= 11 is 5.69. The highest BCUT2D eigenvalue weighted by Crippen LogP contribution is 2.30. The molecule has 1 aromatic rings. The van der Waals surface area contributed by atoms with Gasteiger partial charge in [-0.3, -0.25) is 0 Å². The van der Waals surface area contributed by atoms with Gasteiger partial charge in [0, 0.05) is 5.41 Å². The number of hydrogen-bond acceptors (Lipinski definition) is 4. The Kier molecular flexibility index (Phi) is 2.85. The Labute approximate surface area is 87.2 Å². The Morgan fingerprint density at radius 2 is 2.07 bits per heavy atom. The van der Waals surface area contributed by atoms with Crippen LogP contribution in [0.1, 0.15) is 36.8 Å². The number of carbonyl (C=O) groups excluding carboxylic acids is 1. The molecule has 0 spiro atoms. The molecule has 0 unspecified atom stereocenters. The molecule has 14 heavy (non-hydrogen) atoms. The van der Waals surface area contributed by atoms with Gasteiger partial charge in [0.1, 0.15) is 11.3 Å². The third-order valence-corrected chi connectivity index (χ3v) is 2.01. The van der Waals surface area contributed by atoms with Crippen LogP contribution in [-0.4, -0.2) is 18.2 Å². The number of methoxy groups -OCH3 is 1. The number of nitrogens with zero attached hydrogens (tertiary/aromatic N) is 1. The van der Waals surface area contributed by atoms with Crippen LogP contribution in [0.2, 0.25) is 5.22 Å². The second kappa shape index (κ2) is 3.61. The number of aromatic nitrogens is 1. The van der Waals surface area contributed by atoms with Crippen LogP contribution < -0.4 is 0 Å². The quantitative estimate of drug-likeness (QED) is 0.678. The van der Waals surface area contributed by atoms with Gasteiger partial charge in [0.15, 0.2) is 0 Å². The molecule has 1 aromatic heterocycles. The molecule has 0 amide bonds. The Hall–Kier alpha value is -1.03. The second-order valence-electron chi connectivity index (χ2n) is 3.92. The minimum absolute atomic E-state index is 0.0261. The van der Waals surface area contributed by atoms with Crippen LogP contribution >= 0.6 is 11.6 Å². The number of halogens is 1. The average Bonchev–Trinajstić information content (AvgIpc) is 2.45. The molecule has 0 N–H and O–H groups in total. The van der Waals surface area contributed by atoms with Crippen molar-refractivity contribution in [3.63, 3.8) is 0 Å². The van der Waals surface area contributed by atoms with E-state index < -0.39 is 5.97 Å². The normalized spacial score (nSPS) is 11.5. The minimum atomic E-state index is -0.527. The fourth-order valence-electron chi connectivity index (χ4n) is 1.06. The van der Waals surface area contributed by atoms with Gasteiger partial charge in [-0.15, -0.1) is 0 Å². The molecule has 0 radical (unpaired) electrons. The fraction of sp³-hybridized carbons (Fsp3) is 0.556. The van der Waals surface area contributed by atoms with Gasteiger partial charge in [0.05, 0.1) is 7.11 Å². The molecule has 0 saturated carbocycles. The fourth-order valence-corrected chi connectivity index (χ4v) is 1.26. The number of rotatable bonds is 1. The number of esters is 1. The van der Waals surface area contributed by atoms with E-state index in [4.69, 9.17) is 16.1 Å². The van der Waals surface area contributed by atoms with Gasteiger partial charge in [0.2, 0.25) is 5.22 Å². The number of hydrogen-bond donors (Lipinski definition) is 0. The Bertz CT molecular complexity index is 351. The van der Waals surface area contributed by atoms with Crippen molar-refractivity contribution < 1.29 is 14.1 Å². The summed E-state index contributed by atoms with van der Waals surface area (Å²) in [6.45, 7) is 5.73. The molecule has 0 aliphatic carbocycles. The van der Waals surface area contributed by atoms with Crippen molar-refractivity contribution >= 4 is 17.6 Å². The average molecular weight is 218 g/mol. The molecule has 4 nitrogen and oxygen atoms in total. The van der Waals surface area contributed by atoms with Crippen molar-refractivity contribution in [2.24, 2.45) is 0 Å². The van der Waals surface area contributed by atoms with Crippen LogP contribution in [0.5, 0.6) is 0 Å². The van der Waals surface area contributed by atoms with Crippen molar-refractivity contribution in [1.29, 1.82) is 0 Å². The molecule has 0 bridgehead atoms. The van der Waals surface area contributed by atoms with E-state index in [2.05, 4.69) is 9.89 Å². The lowest BCUT2D eigenvalue weighted by molar-refractivity contribution is 0.0597. The highest BCUT2D eigenvalue weighted by molar-refractivity contribution is 6.32. The van der Waals surface area contributed by atoms with E-state index in [0.717, 1.165) is 0 Å². The third-order valence-electron chi connectivity index (χ3n) is 1.75. The van der Waals surface area contributed by atoms with Gasteiger partial charge in [-0.25, -0.2) is 4.79 Å². The molecule has 0 aromatic carbocycles. The zero-order valence-electron chi connectivity index (χ0n) is 8.55. The van der Waals surface area contributed by atoms with Crippen LogP contribution in [0.25, 0.3) is 0 Å². The van der Waals surface area contributed by atoms with Crippen LogP contribution in [0.3, 0.4) is 0 Å². The number of carbonyl (C=O) groups is 1. The van der Waals surface area contributed by atoms with Crippen molar-refractivity contribution in [3.05, 3.63) is 16.5 Å². The van der Waals surface area contributed by atoms with Crippen LogP contribution in [0.15, 0.2) is 4.52 Å². The Balaban J connectivity index is 3.26. The van der Waals surface area contributed by atoms with E-state index >= 15 is 0 Å². The smallest absolute Gasteiger partial charge is 0.344 e. The maximum absolute atomic E-state index is 11.4.